The van der Waals surface area contributed by atoms with Gasteiger partial charge in [0.25, 0.3) is 5.91 Å². The van der Waals surface area contributed by atoms with Gasteiger partial charge in [0.05, 0.1) is 25.6 Å². The fourth-order valence-electron chi connectivity index (χ4n) is 4.64. The monoisotopic (exact) mass is 525 g/mol. The lowest BCUT2D eigenvalue weighted by molar-refractivity contribution is -0.131. The van der Waals surface area contributed by atoms with E-state index in [1.807, 2.05) is 47.4 Å². The van der Waals surface area contributed by atoms with E-state index in [0.717, 1.165) is 30.0 Å². The van der Waals surface area contributed by atoms with Crippen molar-refractivity contribution in [3.8, 4) is 17.0 Å². The first kappa shape index (κ1) is 26.0. The third-order valence-corrected chi connectivity index (χ3v) is 6.75. The highest BCUT2D eigenvalue weighted by Crippen LogP contribution is 2.20. The normalized spacial score (nSPS) is 13.6. The van der Waals surface area contributed by atoms with Gasteiger partial charge in [-0.15, -0.1) is 10.2 Å². The number of anilines is 1. The van der Waals surface area contributed by atoms with Crippen LogP contribution in [0.5, 0.6) is 5.75 Å². The molecule has 0 spiro atoms. The highest BCUT2D eigenvalue weighted by atomic mass is 16.5. The van der Waals surface area contributed by atoms with E-state index in [-0.39, 0.29) is 24.9 Å². The molecule has 0 bridgehead atoms. The molecule has 0 atom stereocenters. The summed E-state index contributed by atoms with van der Waals surface area (Å²) in [5.74, 6) is 1.61. The summed E-state index contributed by atoms with van der Waals surface area (Å²) < 4.78 is 10.8. The van der Waals surface area contributed by atoms with Crippen LogP contribution in [-0.2, 0) is 11.3 Å². The van der Waals surface area contributed by atoms with E-state index in [1.54, 1.807) is 49.8 Å². The number of methoxy groups -OCH3 is 1. The maximum absolute atomic E-state index is 13.4. The van der Waals surface area contributed by atoms with Crippen LogP contribution in [0, 0.1) is 0 Å². The maximum Gasteiger partial charge on any atom is 0.254 e. The van der Waals surface area contributed by atoms with Gasteiger partial charge in [-0.1, -0.05) is 36.4 Å². The average molecular weight is 526 g/mol. The minimum atomic E-state index is -0.260. The Morgan fingerprint density at radius 2 is 1.79 bits per heavy atom. The molecule has 0 radical (unpaired) electrons. The standard InChI is InChI=1S/C30H31N5O4/c1-38-25-11-5-10-24(20-25)30(37)35(21-26-12-6-19-39-26)22-29(36)34-16-7-15-33(17-18-34)28-14-13-27(31-32-28)23-8-3-2-4-9-23/h2-6,8-14,19-20H,7,15-18,21-22H2,1H3. The van der Waals surface area contributed by atoms with Crippen LogP contribution in [0.25, 0.3) is 11.3 Å². The van der Waals surface area contributed by atoms with Gasteiger partial charge in [-0.2, -0.15) is 0 Å². The van der Waals surface area contributed by atoms with Gasteiger partial charge in [0.15, 0.2) is 5.82 Å². The number of nitrogens with zero attached hydrogens (tertiary/aromatic N) is 5. The molecule has 1 aliphatic heterocycles. The number of rotatable bonds is 8. The summed E-state index contributed by atoms with van der Waals surface area (Å²) in [6.07, 6.45) is 2.35. The van der Waals surface area contributed by atoms with Crippen LogP contribution >= 0.6 is 0 Å². The molecule has 0 N–H and O–H groups in total. The van der Waals surface area contributed by atoms with Crippen molar-refractivity contribution in [3.05, 3.63) is 96.4 Å². The molecule has 2 amide bonds. The molecule has 0 aliphatic carbocycles. The van der Waals surface area contributed by atoms with Gasteiger partial charge in [-0.3, -0.25) is 9.59 Å². The van der Waals surface area contributed by atoms with Crippen LogP contribution in [0.15, 0.2) is 89.5 Å². The Balaban J connectivity index is 1.24. The van der Waals surface area contributed by atoms with Gasteiger partial charge in [0, 0.05) is 37.3 Å². The van der Waals surface area contributed by atoms with Gasteiger partial charge >= 0.3 is 0 Å². The van der Waals surface area contributed by atoms with Crippen molar-refractivity contribution in [2.24, 2.45) is 0 Å². The Hall–Kier alpha value is -4.66. The molecule has 1 aliphatic rings. The summed E-state index contributed by atoms with van der Waals surface area (Å²) in [4.78, 5) is 32.3. The summed E-state index contributed by atoms with van der Waals surface area (Å²) in [6.45, 7) is 2.67. The minimum absolute atomic E-state index is 0.0533. The topological polar surface area (TPSA) is 92.0 Å². The Morgan fingerprint density at radius 1 is 0.923 bits per heavy atom. The summed E-state index contributed by atoms with van der Waals surface area (Å²) in [6, 6.07) is 24.4. The fraction of sp³-hybridized carbons (Fsp3) is 0.267. The third-order valence-electron chi connectivity index (χ3n) is 6.75. The quantitative estimate of drug-likeness (QED) is 0.342. The van der Waals surface area contributed by atoms with E-state index in [4.69, 9.17) is 9.15 Å². The number of aromatic nitrogens is 2. The second-order valence-electron chi connectivity index (χ2n) is 9.34. The molecule has 0 saturated carbocycles. The number of hydrogen-bond acceptors (Lipinski definition) is 7. The van der Waals surface area contributed by atoms with E-state index < -0.39 is 0 Å². The highest BCUT2D eigenvalue weighted by Gasteiger charge is 2.26. The number of carbonyl (C=O) groups is 2. The molecular formula is C30H31N5O4. The van der Waals surface area contributed by atoms with Gasteiger partial charge in [0.1, 0.15) is 18.1 Å². The van der Waals surface area contributed by atoms with Crippen molar-refractivity contribution in [2.75, 3.05) is 44.7 Å². The predicted octanol–water partition coefficient (Wildman–Crippen LogP) is 4.13. The Morgan fingerprint density at radius 3 is 2.54 bits per heavy atom. The zero-order valence-electron chi connectivity index (χ0n) is 21.9. The lowest BCUT2D eigenvalue weighted by Crippen LogP contribution is -2.44. The van der Waals surface area contributed by atoms with Crippen LogP contribution in [0.4, 0.5) is 5.82 Å². The Kier molecular flexibility index (Phi) is 8.16. The summed E-state index contributed by atoms with van der Waals surface area (Å²) >= 11 is 0. The van der Waals surface area contributed by atoms with E-state index in [0.29, 0.717) is 36.7 Å². The van der Waals surface area contributed by atoms with Crippen LogP contribution in [-0.4, -0.2) is 71.6 Å². The predicted molar refractivity (Wildman–Crippen MR) is 147 cm³/mol. The number of furan rings is 1. The molecule has 0 unspecified atom stereocenters. The van der Waals surface area contributed by atoms with Gasteiger partial charge in [-0.25, -0.2) is 0 Å². The van der Waals surface area contributed by atoms with Gasteiger partial charge in [-0.05, 0) is 48.9 Å². The molecule has 5 rings (SSSR count). The maximum atomic E-state index is 13.4. The molecule has 39 heavy (non-hydrogen) atoms. The third kappa shape index (κ3) is 6.43. The van der Waals surface area contributed by atoms with Gasteiger partial charge in [0.2, 0.25) is 5.91 Å². The largest absolute Gasteiger partial charge is 0.497 e. The van der Waals surface area contributed by atoms with Crippen LogP contribution in [0.3, 0.4) is 0 Å². The molecule has 2 aromatic heterocycles. The Labute approximate surface area is 227 Å². The molecule has 9 heteroatoms. The van der Waals surface area contributed by atoms with E-state index in [1.165, 1.54) is 4.90 Å². The smallest absolute Gasteiger partial charge is 0.254 e. The van der Waals surface area contributed by atoms with E-state index in [9.17, 15) is 9.59 Å². The first-order valence-corrected chi connectivity index (χ1v) is 13.0. The first-order chi connectivity index (χ1) is 19.1. The molecule has 9 nitrogen and oxygen atoms in total. The molecule has 2 aromatic carbocycles. The van der Waals surface area contributed by atoms with Gasteiger partial charge < -0.3 is 23.9 Å². The summed E-state index contributed by atoms with van der Waals surface area (Å²) in [5.41, 5.74) is 2.29. The molecule has 1 saturated heterocycles. The summed E-state index contributed by atoms with van der Waals surface area (Å²) in [5, 5.41) is 8.86. The summed E-state index contributed by atoms with van der Waals surface area (Å²) in [7, 11) is 1.56. The van der Waals surface area contributed by atoms with Crippen molar-refractivity contribution in [1.82, 2.24) is 20.0 Å². The van der Waals surface area contributed by atoms with Crippen LogP contribution in [0.1, 0.15) is 22.5 Å². The zero-order valence-corrected chi connectivity index (χ0v) is 21.9. The minimum Gasteiger partial charge on any atom is -0.497 e. The highest BCUT2D eigenvalue weighted by molar-refractivity contribution is 5.96. The lowest BCUT2D eigenvalue weighted by Gasteiger charge is -2.27. The molecule has 3 heterocycles. The molecule has 4 aromatic rings. The SMILES string of the molecule is COc1cccc(C(=O)N(CC(=O)N2CCCN(c3ccc(-c4ccccc4)nn3)CC2)Cc2ccco2)c1. The number of carbonyl (C=O) groups excluding carboxylic acids is 2. The lowest BCUT2D eigenvalue weighted by atomic mass is 10.1. The molecule has 1 fully saturated rings. The number of ether oxygens (including phenoxy) is 1. The van der Waals surface area contributed by atoms with Crippen molar-refractivity contribution in [1.29, 1.82) is 0 Å². The average Bonchev–Trinajstić information content (AvgIpc) is 3.38. The van der Waals surface area contributed by atoms with Crippen molar-refractivity contribution >= 4 is 17.6 Å². The zero-order chi connectivity index (χ0) is 27.0. The fourth-order valence-corrected chi connectivity index (χ4v) is 4.64. The number of hydrogen-bond donors (Lipinski definition) is 0. The molecule has 200 valence electrons. The number of benzene rings is 2. The van der Waals surface area contributed by atoms with Crippen molar-refractivity contribution < 1.29 is 18.7 Å². The second-order valence-corrected chi connectivity index (χ2v) is 9.34. The van der Waals surface area contributed by atoms with Crippen LogP contribution < -0.4 is 9.64 Å². The van der Waals surface area contributed by atoms with E-state index >= 15 is 0 Å². The second kappa shape index (κ2) is 12.3. The van der Waals surface area contributed by atoms with Crippen molar-refractivity contribution in [3.63, 3.8) is 0 Å². The van der Waals surface area contributed by atoms with Crippen LogP contribution in [0.2, 0.25) is 0 Å². The van der Waals surface area contributed by atoms with E-state index in [2.05, 4.69) is 15.1 Å². The number of amides is 2. The Bertz CT molecular complexity index is 1380. The first-order valence-electron chi connectivity index (χ1n) is 13.0. The van der Waals surface area contributed by atoms with Crippen molar-refractivity contribution in [2.45, 2.75) is 13.0 Å². The molecular weight excluding hydrogens is 494 g/mol.